The fraction of sp³-hybridized carbons (Fsp3) is 0.615. The Kier molecular flexibility index (Phi) is 7.40. The summed E-state index contributed by atoms with van der Waals surface area (Å²) in [6.07, 6.45) is 9.98. The van der Waals surface area contributed by atoms with Gasteiger partial charge in [-0.05, 0) is 34.7 Å². The van der Waals surface area contributed by atoms with Crippen LogP contribution in [0.4, 0.5) is 0 Å². The Morgan fingerprint density at radius 2 is 2.16 bits per heavy atom. The molecule has 19 heavy (non-hydrogen) atoms. The lowest BCUT2D eigenvalue weighted by Crippen LogP contribution is -2.12. The van der Waals surface area contributed by atoms with Gasteiger partial charge in [0, 0.05) is 18.8 Å². The molecule has 0 unspecified atom stereocenters. The van der Waals surface area contributed by atoms with E-state index in [4.69, 9.17) is 0 Å². The summed E-state index contributed by atoms with van der Waals surface area (Å²) < 4.78 is 5.39. The number of aromatic amines is 1. The van der Waals surface area contributed by atoms with Gasteiger partial charge in [0.1, 0.15) is 0 Å². The van der Waals surface area contributed by atoms with Crippen molar-refractivity contribution in [3.8, 4) is 0 Å². The van der Waals surface area contributed by atoms with Crippen LogP contribution in [0.1, 0.15) is 38.5 Å². The summed E-state index contributed by atoms with van der Waals surface area (Å²) >= 11 is 3.11. The number of ether oxygens (including phenoxy) is 1. The molecule has 0 amide bonds. The van der Waals surface area contributed by atoms with Crippen LogP contribution in [0, 0.1) is 5.92 Å². The minimum Gasteiger partial charge on any atom is -0.469 e. The normalized spacial score (nSPS) is 15.3. The fourth-order valence-corrected chi connectivity index (χ4v) is 2.25. The first-order valence-corrected chi connectivity index (χ1v) is 7.18. The SMILES string of the molecule is COC(=O)CC1CCCCC1.O=c1ncc(Br)c[nH]1. The number of carbonyl (C=O) groups excluding carboxylic acids is 1. The number of halogens is 1. The van der Waals surface area contributed by atoms with Gasteiger partial charge in [-0.2, -0.15) is 0 Å². The third-order valence-corrected chi connectivity index (χ3v) is 3.48. The third-order valence-electron chi connectivity index (χ3n) is 3.05. The van der Waals surface area contributed by atoms with E-state index < -0.39 is 0 Å². The van der Waals surface area contributed by atoms with Crippen molar-refractivity contribution in [2.24, 2.45) is 5.92 Å². The largest absolute Gasteiger partial charge is 0.469 e. The maximum absolute atomic E-state index is 10.9. The smallest absolute Gasteiger partial charge is 0.344 e. The highest BCUT2D eigenvalue weighted by Gasteiger charge is 2.16. The Balaban J connectivity index is 0.000000200. The molecule has 5 nitrogen and oxygen atoms in total. The summed E-state index contributed by atoms with van der Waals surface area (Å²) in [6.45, 7) is 0. The highest BCUT2D eigenvalue weighted by atomic mass is 79.9. The van der Waals surface area contributed by atoms with E-state index in [0.29, 0.717) is 12.3 Å². The van der Waals surface area contributed by atoms with Crippen molar-refractivity contribution in [2.75, 3.05) is 7.11 Å². The summed E-state index contributed by atoms with van der Waals surface area (Å²) in [5.41, 5.74) is -0.326. The fourth-order valence-electron chi connectivity index (χ4n) is 2.04. The topological polar surface area (TPSA) is 72.1 Å². The van der Waals surface area contributed by atoms with Gasteiger partial charge >= 0.3 is 11.7 Å². The highest BCUT2D eigenvalue weighted by Crippen LogP contribution is 2.26. The second kappa shape index (κ2) is 8.85. The second-order valence-electron chi connectivity index (χ2n) is 4.52. The summed E-state index contributed by atoms with van der Waals surface area (Å²) in [6, 6.07) is 0. The van der Waals surface area contributed by atoms with E-state index in [1.807, 2.05) is 0 Å². The molecule has 1 aromatic rings. The standard InChI is InChI=1S/C9H16O2.C4H3BrN2O/c1-11-9(10)7-8-5-3-2-4-6-8;5-3-1-6-4(8)7-2-3/h8H,2-7H2,1H3;1-2H,(H,6,7,8). The molecule has 106 valence electrons. The van der Waals surface area contributed by atoms with Crippen molar-refractivity contribution < 1.29 is 9.53 Å². The van der Waals surface area contributed by atoms with Crippen LogP contribution in [0.5, 0.6) is 0 Å². The van der Waals surface area contributed by atoms with Crippen molar-refractivity contribution >= 4 is 21.9 Å². The third kappa shape index (κ3) is 7.10. The predicted molar refractivity (Wildman–Crippen MR) is 75.8 cm³/mol. The van der Waals surface area contributed by atoms with Crippen LogP contribution >= 0.6 is 15.9 Å². The molecule has 0 spiro atoms. The number of hydrogen-bond acceptors (Lipinski definition) is 4. The Morgan fingerprint density at radius 3 is 2.63 bits per heavy atom. The molecule has 0 aromatic carbocycles. The van der Waals surface area contributed by atoms with E-state index >= 15 is 0 Å². The van der Waals surface area contributed by atoms with E-state index in [9.17, 15) is 9.59 Å². The van der Waals surface area contributed by atoms with Crippen LogP contribution < -0.4 is 5.69 Å². The lowest BCUT2D eigenvalue weighted by Gasteiger charge is -2.19. The molecular formula is C13H19BrN2O3. The highest BCUT2D eigenvalue weighted by molar-refractivity contribution is 9.10. The summed E-state index contributed by atoms with van der Waals surface area (Å²) in [5.74, 6) is 0.563. The van der Waals surface area contributed by atoms with E-state index in [-0.39, 0.29) is 11.7 Å². The zero-order chi connectivity index (χ0) is 14.1. The number of methoxy groups -OCH3 is 1. The average molecular weight is 331 g/mol. The number of carbonyl (C=O) groups is 1. The van der Waals surface area contributed by atoms with Gasteiger partial charge in [0.2, 0.25) is 0 Å². The van der Waals surface area contributed by atoms with Crippen molar-refractivity contribution in [2.45, 2.75) is 38.5 Å². The van der Waals surface area contributed by atoms with Gasteiger partial charge in [-0.1, -0.05) is 19.3 Å². The molecule has 6 heteroatoms. The summed E-state index contributed by atoms with van der Waals surface area (Å²) in [4.78, 5) is 26.9. The molecule has 1 saturated carbocycles. The molecule has 0 atom stereocenters. The van der Waals surface area contributed by atoms with Crippen LogP contribution in [0.25, 0.3) is 0 Å². The monoisotopic (exact) mass is 330 g/mol. The number of hydrogen-bond donors (Lipinski definition) is 1. The first kappa shape index (κ1) is 15.9. The quantitative estimate of drug-likeness (QED) is 0.846. The van der Waals surface area contributed by atoms with Crippen LogP contribution in [-0.4, -0.2) is 23.0 Å². The molecule has 1 aliphatic rings. The van der Waals surface area contributed by atoms with E-state index in [1.165, 1.54) is 51.6 Å². The van der Waals surface area contributed by atoms with Crippen LogP contribution in [0.2, 0.25) is 0 Å². The minimum atomic E-state index is -0.326. The lowest BCUT2D eigenvalue weighted by molar-refractivity contribution is -0.141. The van der Waals surface area contributed by atoms with Gasteiger partial charge in [-0.25, -0.2) is 9.78 Å². The van der Waals surface area contributed by atoms with Crippen molar-refractivity contribution in [3.05, 3.63) is 27.4 Å². The molecule has 1 fully saturated rings. The number of esters is 1. The van der Waals surface area contributed by atoms with Gasteiger partial charge in [-0.3, -0.25) is 4.79 Å². The maximum atomic E-state index is 10.9. The van der Waals surface area contributed by atoms with Crippen molar-refractivity contribution in [3.63, 3.8) is 0 Å². The molecule has 1 heterocycles. The van der Waals surface area contributed by atoms with E-state index in [0.717, 1.165) is 4.47 Å². The Bertz CT molecular complexity index is 421. The first-order chi connectivity index (χ1) is 9.11. The minimum absolute atomic E-state index is 0.0445. The van der Waals surface area contributed by atoms with Crippen LogP contribution in [0.15, 0.2) is 21.7 Å². The van der Waals surface area contributed by atoms with Crippen molar-refractivity contribution in [1.29, 1.82) is 0 Å². The van der Waals surface area contributed by atoms with Crippen molar-refractivity contribution in [1.82, 2.24) is 9.97 Å². The molecule has 1 N–H and O–H groups in total. The Hall–Kier alpha value is -1.17. The van der Waals surface area contributed by atoms with Gasteiger partial charge in [-0.15, -0.1) is 0 Å². The van der Waals surface area contributed by atoms with Gasteiger partial charge < -0.3 is 9.72 Å². The Morgan fingerprint density at radius 1 is 1.47 bits per heavy atom. The number of nitrogens with zero attached hydrogens (tertiary/aromatic N) is 1. The molecule has 0 aliphatic heterocycles. The number of rotatable bonds is 2. The predicted octanol–water partition coefficient (Wildman–Crippen LogP) is 2.66. The molecule has 0 saturated heterocycles. The van der Waals surface area contributed by atoms with Gasteiger partial charge in [0.15, 0.2) is 0 Å². The Labute approximate surface area is 120 Å². The zero-order valence-corrected chi connectivity index (χ0v) is 12.6. The van der Waals surface area contributed by atoms with Crippen LogP contribution in [0.3, 0.4) is 0 Å². The van der Waals surface area contributed by atoms with Gasteiger partial charge in [0.25, 0.3) is 0 Å². The molecule has 1 aromatic heterocycles. The lowest BCUT2D eigenvalue weighted by atomic mass is 9.87. The first-order valence-electron chi connectivity index (χ1n) is 6.39. The van der Waals surface area contributed by atoms with Gasteiger partial charge in [0.05, 0.1) is 11.6 Å². The summed E-state index contributed by atoms with van der Waals surface area (Å²) in [5, 5.41) is 0. The molecule has 0 bridgehead atoms. The molecular weight excluding hydrogens is 312 g/mol. The van der Waals surface area contributed by atoms with E-state index in [2.05, 4.69) is 30.6 Å². The summed E-state index contributed by atoms with van der Waals surface area (Å²) in [7, 11) is 1.46. The second-order valence-corrected chi connectivity index (χ2v) is 5.44. The molecule has 0 radical (unpaired) electrons. The number of aromatic nitrogens is 2. The number of nitrogens with one attached hydrogen (secondary N) is 1. The molecule has 1 aliphatic carbocycles. The maximum Gasteiger partial charge on any atom is 0.344 e. The average Bonchev–Trinajstić information content (AvgIpc) is 2.44. The van der Waals surface area contributed by atoms with Crippen LogP contribution in [-0.2, 0) is 9.53 Å². The molecule has 2 rings (SSSR count). The zero-order valence-electron chi connectivity index (χ0n) is 11.0. The van der Waals surface area contributed by atoms with E-state index in [1.54, 1.807) is 0 Å². The number of H-pyrrole nitrogens is 1.